The third-order valence-electron chi connectivity index (χ3n) is 2.28. The SMILES string of the molecule is CC1(C)CC(C(=O)O)C(F)(F)C1. The van der Waals surface area contributed by atoms with E-state index in [0.29, 0.717) is 0 Å². The first-order valence-corrected chi connectivity index (χ1v) is 3.85. The second-order valence-electron chi connectivity index (χ2n) is 4.20. The van der Waals surface area contributed by atoms with Gasteiger partial charge in [0.2, 0.25) is 0 Å². The van der Waals surface area contributed by atoms with Gasteiger partial charge in [0.15, 0.2) is 0 Å². The average Bonchev–Trinajstić information content (AvgIpc) is 1.99. The summed E-state index contributed by atoms with van der Waals surface area (Å²) >= 11 is 0. The maximum Gasteiger partial charge on any atom is 0.312 e. The van der Waals surface area contributed by atoms with Gasteiger partial charge in [0.05, 0.1) is 0 Å². The number of hydrogen-bond donors (Lipinski definition) is 1. The summed E-state index contributed by atoms with van der Waals surface area (Å²) in [6.45, 7) is 3.34. The number of carbonyl (C=O) groups is 1. The van der Waals surface area contributed by atoms with Crippen LogP contribution in [-0.4, -0.2) is 17.0 Å². The van der Waals surface area contributed by atoms with E-state index >= 15 is 0 Å². The van der Waals surface area contributed by atoms with E-state index in [-0.39, 0.29) is 12.8 Å². The number of hydrogen-bond acceptors (Lipinski definition) is 1. The van der Waals surface area contributed by atoms with Gasteiger partial charge in [0.25, 0.3) is 5.92 Å². The number of carboxylic acid groups (broad SMARTS) is 1. The molecule has 0 aliphatic heterocycles. The first-order chi connectivity index (χ1) is 5.25. The Morgan fingerprint density at radius 1 is 1.50 bits per heavy atom. The fourth-order valence-electron chi connectivity index (χ4n) is 1.80. The summed E-state index contributed by atoms with van der Waals surface area (Å²) in [6.07, 6.45) is -0.258. The standard InChI is InChI=1S/C8H12F2O2/c1-7(2)3-5(6(11)12)8(9,10)4-7/h5H,3-4H2,1-2H3,(H,11,12). The summed E-state index contributed by atoms with van der Waals surface area (Å²) in [5, 5.41) is 8.50. The van der Waals surface area contributed by atoms with Crippen LogP contribution in [0.5, 0.6) is 0 Å². The van der Waals surface area contributed by atoms with Gasteiger partial charge in [0, 0.05) is 6.42 Å². The Labute approximate surface area is 69.6 Å². The van der Waals surface area contributed by atoms with Crippen molar-refractivity contribution in [1.29, 1.82) is 0 Å². The highest BCUT2D eigenvalue weighted by Gasteiger charge is 2.55. The minimum absolute atomic E-state index is 0.0648. The molecule has 0 bridgehead atoms. The zero-order valence-corrected chi connectivity index (χ0v) is 7.10. The maximum absolute atomic E-state index is 13.0. The van der Waals surface area contributed by atoms with Crippen molar-refractivity contribution >= 4 is 5.97 Å². The smallest absolute Gasteiger partial charge is 0.312 e. The molecule has 1 aliphatic rings. The van der Waals surface area contributed by atoms with Crippen LogP contribution < -0.4 is 0 Å². The van der Waals surface area contributed by atoms with E-state index in [1.54, 1.807) is 13.8 Å². The van der Waals surface area contributed by atoms with Gasteiger partial charge in [-0.2, -0.15) is 0 Å². The van der Waals surface area contributed by atoms with Crippen LogP contribution in [0.1, 0.15) is 26.7 Å². The van der Waals surface area contributed by atoms with Crippen molar-refractivity contribution in [3.63, 3.8) is 0 Å². The van der Waals surface area contributed by atoms with E-state index in [1.807, 2.05) is 0 Å². The first kappa shape index (κ1) is 9.42. The second kappa shape index (κ2) is 2.41. The van der Waals surface area contributed by atoms with Gasteiger partial charge in [-0.15, -0.1) is 0 Å². The molecular weight excluding hydrogens is 166 g/mol. The third-order valence-corrected chi connectivity index (χ3v) is 2.28. The minimum atomic E-state index is -3.03. The van der Waals surface area contributed by atoms with Crippen molar-refractivity contribution in [1.82, 2.24) is 0 Å². The van der Waals surface area contributed by atoms with Crippen LogP contribution in [0.4, 0.5) is 8.78 Å². The molecule has 0 amide bonds. The highest BCUT2D eigenvalue weighted by atomic mass is 19.3. The molecule has 0 aromatic rings. The Morgan fingerprint density at radius 3 is 2.17 bits per heavy atom. The molecule has 1 fully saturated rings. The molecule has 0 aromatic heterocycles. The molecule has 1 rings (SSSR count). The molecule has 0 saturated heterocycles. The van der Waals surface area contributed by atoms with Crippen LogP contribution in [-0.2, 0) is 4.79 Å². The molecule has 0 aromatic carbocycles. The molecule has 70 valence electrons. The molecule has 4 heteroatoms. The summed E-state index contributed by atoms with van der Waals surface area (Å²) in [6, 6.07) is 0. The van der Waals surface area contributed by atoms with E-state index in [9.17, 15) is 13.6 Å². The van der Waals surface area contributed by atoms with Crippen molar-refractivity contribution in [3.05, 3.63) is 0 Å². The second-order valence-corrected chi connectivity index (χ2v) is 4.20. The van der Waals surface area contributed by atoms with Gasteiger partial charge >= 0.3 is 5.97 Å². The minimum Gasteiger partial charge on any atom is -0.481 e. The van der Waals surface area contributed by atoms with Crippen LogP contribution in [0.15, 0.2) is 0 Å². The third kappa shape index (κ3) is 1.57. The van der Waals surface area contributed by atoms with Crippen LogP contribution in [0.3, 0.4) is 0 Å². The molecular formula is C8H12F2O2. The molecule has 1 N–H and O–H groups in total. The number of halogens is 2. The van der Waals surface area contributed by atoms with Gasteiger partial charge in [-0.1, -0.05) is 13.8 Å². The predicted molar refractivity (Wildman–Crippen MR) is 39.1 cm³/mol. The van der Waals surface area contributed by atoms with Crippen molar-refractivity contribution in [2.75, 3.05) is 0 Å². The molecule has 1 aliphatic carbocycles. The van der Waals surface area contributed by atoms with Crippen molar-refractivity contribution < 1.29 is 18.7 Å². The van der Waals surface area contributed by atoms with Gasteiger partial charge in [-0.05, 0) is 11.8 Å². The normalized spacial score (nSPS) is 31.8. The fraction of sp³-hybridized carbons (Fsp3) is 0.875. The van der Waals surface area contributed by atoms with Crippen LogP contribution in [0.25, 0.3) is 0 Å². The number of alkyl halides is 2. The zero-order valence-electron chi connectivity index (χ0n) is 7.10. The summed E-state index contributed by atoms with van der Waals surface area (Å²) in [5.41, 5.74) is -0.549. The van der Waals surface area contributed by atoms with Crippen molar-refractivity contribution in [2.45, 2.75) is 32.6 Å². The molecule has 1 atom stereocenters. The van der Waals surface area contributed by atoms with Crippen molar-refractivity contribution in [3.8, 4) is 0 Å². The Balaban J connectivity index is 2.85. The Kier molecular flexibility index (Phi) is 1.89. The molecule has 1 saturated carbocycles. The van der Waals surface area contributed by atoms with Gasteiger partial charge in [0.1, 0.15) is 5.92 Å². The lowest BCUT2D eigenvalue weighted by Crippen LogP contribution is -2.28. The number of aliphatic carboxylic acids is 1. The van der Waals surface area contributed by atoms with E-state index in [4.69, 9.17) is 5.11 Å². The zero-order chi connectivity index (χ0) is 9.57. The highest BCUT2D eigenvalue weighted by molar-refractivity contribution is 5.71. The molecule has 1 unspecified atom stereocenters. The Morgan fingerprint density at radius 2 is 2.00 bits per heavy atom. The first-order valence-electron chi connectivity index (χ1n) is 3.85. The molecule has 2 nitrogen and oxygen atoms in total. The van der Waals surface area contributed by atoms with E-state index in [2.05, 4.69) is 0 Å². The quantitative estimate of drug-likeness (QED) is 0.667. The van der Waals surface area contributed by atoms with Crippen LogP contribution in [0, 0.1) is 11.3 Å². The van der Waals surface area contributed by atoms with Crippen LogP contribution >= 0.6 is 0 Å². The van der Waals surface area contributed by atoms with E-state index in [1.165, 1.54) is 0 Å². The molecule has 0 spiro atoms. The number of carboxylic acids is 1. The lowest BCUT2D eigenvalue weighted by molar-refractivity contribution is -0.153. The van der Waals surface area contributed by atoms with Crippen molar-refractivity contribution in [2.24, 2.45) is 11.3 Å². The summed E-state index contributed by atoms with van der Waals surface area (Å²) in [4.78, 5) is 10.4. The summed E-state index contributed by atoms with van der Waals surface area (Å²) in [5.74, 6) is -5.91. The van der Waals surface area contributed by atoms with Gasteiger partial charge in [-0.25, -0.2) is 8.78 Å². The lowest BCUT2D eigenvalue weighted by atomic mass is 9.91. The maximum atomic E-state index is 13.0. The Bertz CT molecular complexity index is 211. The molecule has 0 radical (unpaired) electrons. The topological polar surface area (TPSA) is 37.3 Å². The van der Waals surface area contributed by atoms with Gasteiger partial charge < -0.3 is 5.11 Å². The van der Waals surface area contributed by atoms with E-state index in [0.717, 1.165) is 0 Å². The highest BCUT2D eigenvalue weighted by Crippen LogP contribution is 2.50. The molecule has 12 heavy (non-hydrogen) atoms. The number of rotatable bonds is 1. The molecule has 0 heterocycles. The monoisotopic (exact) mass is 178 g/mol. The predicted octanol–water partition coefficient (Wildman–Crippen LogP) is 2.14. The average molecular weight is 178 g/mol. The van der Waals surface area contributed by atoms with Gasteiger partial charge in [-0.3, -0.25) is 4.79 Å². The fourth-order valence-corrected chi connectivity index (χ4v) is 1.80. The Hall–Kier alpha value is -0.670. The largest absolute Gasteiger partial charge is 0.481 e. The lowest BCUT2D eigenvalue weighted by Gasteiger charge is -2.15. The van der Waals surface area contributed by atoms with Crippen LogP contribution in [0.2, 0.25) is 0 Å². The van der Waals surface area contributed by atoms with E-state index < -0.39 is 23.2 Å². The summed E-state index contributed by atoms with van der Waals surface area (Å²) < 4.78 is 25.9. The summed E-state index contributed by atoms with van der Waals surface area (Å²) in [7, 11) is 0.